The van der Waals surface area contributed by atoms with E-state index in [9.17, 15) is 61.0 Å². The third kappa shape index (κ3) is 44.0. The van der Waals surface area contributed by atoms with Crippen LogP contribution in [0.2, 0.25) is 0 Å². The molecule has 12 N–H and O–H groups in total. The van der Waals surface area contributed by atoms with Crippen LogP contribution in [0.4, 0.5) is 0 Å². The Labute approximate surface area is 631 Å². The highest BCUT2D eigenvalue weighted by molar-refractivity contribution is 5.76. The summed E-state index contributed by atoms with van der Waals surface area (Å²) >= 11 is 0. The highest BCUT2D eigenvalue weighted by Crippen LogP contribution is 2.33. The molecule has 3 aliphatic rings. The average Bonchev–Trinajstić information content (AvgIpc) is 0.780. The number of unbranched alkanes of at least 4 members (excludes halogenated alkanes) is 21. The second-order valence-electron chi connectivity index (χ2n) is 27.8. The van der Waals surface area contributed by atoms with Crippen molar-refractivity contribution < 1.29 is 89.4 Å². The maximum absolute atomic E-state index is 13.5. The van der Waals surface area contributed by atoms with Gasteiger partial charge in [0.15, 0.2) is 18.9 Å². The van der Waals surface area contributed by atoms with Crippen molar-refractivity contribution >= 4 is 5.91 Å². The van der Waals surface area contributed by atoms with Gasteiger partial charge in [0, 0.05) is 6.42 Å². The van der Waals surface area contributed by atoms with E-state index < -0.39 is 131 Å². The number of allylic oxidation sites excluding steroid dienone is 25. The lowest BCUT2D eigenvalue weighted by Crippen LogP contribution is -2.66. The SMILES string of the molecule is CC/C=C\C/C=C\C/C=C\C/C=C\C/C=C\C/C=C\C/C=C\C/C=C\C/C=C\C/C=C\CCCCC(=O)NC(COC1OC(CO)C(OC2OC(CO)C(OC3OC(CO)C(O)C(O)C3O)C(O)C2O)C(O)C1O)C(O)/C=C/CC/C=C/CC/C=C/CCCCCCCCCCCCCCCCCCC. The van der Waals surface area contributed by atoms with Gasteiger partial charge < -0.3 is 89.9 Å². The average molecular weight is 1480 g/mol. The maximum atomic E-state index is 13.5. The number of aliphatic hydroxyl groups excluding tert-OH is 11. The smallest absolute Gasteiger partial charge is 0.220 e. The number of nitrogens with one attached hydrogen (secondary N) is 1. The molecule has 3 aliphatic heterocycles. The number of ether oxygens (including phenoxy) is 6. The Balaban J connectivity index is 1.43. The van der Waals surface area contributed by atoms with Gasteiger partial charge in [0.25, 0.3) is 0 Å². The van der Waals surface area contributed by atoms with Crippen LogP contribution in [0.1, 0.15) is 245 Å². The number of amides is 1. The molecule has 105 heavy (non-hydrogen) atoms. The summed E-state index contributed by atoms with van der Waals surface area (Å²) in [5, 5.41) is 121. The molecule has 3 fully saturated rings. The third-order valence-corrected chi connectivity index (χ3v) is 18.8. The number of hydrogen-bond donors (Lipinski definition) is 12. The van der Waals surface area contributed by atoms with Gasteiger partial charge in [-0.3, -0.25) is 4.79 Å². The van der Waals surface area contributed by atoms with Gasteiger partial charge in [-0.25, -0.2) is 0 Å². The van der Waals surface area contributed by atoms with Crippen molar-refractivity contribution in [2.24, 2.45) is 0 Å². The largest absolute Gasteiger partial charge is 0.394 e. The van der Waals surface area contributed by atoms with Crippen molar-refractivity contribution in [3.63, 3.8) is 0 Å². The van der Waals surface area contributed by atoms with Crippen LogP contribution in [0.3, 0.4) is 0 Å². The predicted octanol–water partition coefficient (Wildman–Crippen LogP) is 13.6. The molecule has 19 nitrogen and oxygen atoms in total. The zero-order valence-electron chi connectivity index (χ0n) is 63.9. The first-order chi connectivity index (χ1) is 51.3. The van der Waals surface area contributed by atoms with Gasteiger partial charge in [0.05, 0.1) is 38.6 Å². The fourth-order valence-electron chi connectivity index (χ4n) is 12.4. The second kappa shape index (κ2) is 64.3. The summed E-state index contributed by atoms with van der Waals surface area (Å²) in [4.78, 5) is 13.5. The molecule has 3 saturated heterocycles. The van der Waals surface area contributed by atoms with Crippen LogP contribution in [0, 0.1) is 0 Å². The normalized spacial score (nSPS) is 26.7. The molecule has 3 heterocycles. The van der Waals surface area contributed by atoms with E-state index in [4.69, 9.17) is 28.4 Å². The molecule has 1 amide bonds. The minimum atomic E-state index is -2.00. The van der Waals surface area contributed by atoms with E-state index in [1.165, 1.54) is 109 Å². The summed E-state index contributed by atoms with van der Waals surface area (Å²) < 4.78 is 34.4. The molecule has 17 unspecified atom stereocenters. The Morgan fingerprint density at radius 1 is 0.352 bits per heavy atom. The van der Waals surface area contributed by atoms with E-state index in [0.29, 0.717) is 12.8 Å². The molecule has 19 heteroatoms. The van der Waals surface area contributed by atoms with Gasteiger partial charge in [-0.1, -0.05) is 275 Å². The molecule has 0 aromatic rings. The van der Waals surface area contributed by atoms with Crippen LogP contribution in [-0.4, -0.2) is 193 Å². The molecular formula is C86H141NO18. The van der Waals surface area contributed by atoms with Gasteiger partial charge in [0.1, 0.15) is 73.2 Å². The van der Waals surface area contributed by atoms with Crippen molar-refractivity contribution in [1.82, 2.24) is 5.32 Å². The lowest BCUT2D eigenvalue weighted by molar-refractivity contribution is -0.379. The Bertz CT molecular complexity index is 2520. The Hall–Kier alpha value is -4.59. The summed E-state index contributed by atoms with van der Waals surface area (Å²) in [7, 11) is 0. The lowest BCUT2D eigenvalue weighted by Gasteiger charge is -2.48. The van der Waals surface area contributed by atoms with E-state index in [1.54, 1.807) is 6.08 Å². The quantitative estimate of drug-likeness (QED) is 0.0199. The number of hydrogen-bond acceptors (Lipinski definition) is 18. The number of carbonyl (C=O) groups is 1. The molecule has 0 aromatic heterocycles. The molecule has 0 spiro atoms. The van der Waals surface area contributed by atoms with Gasteiger partial charge in [0.2, 0.25) is 5.91 Å². The van der Waals surface area contributed by atoms with E-state index in [0.717, 1.165) is 103 Å². The lowest BCUT2D eigenvalue weighted by atomic mass is 9.96. The number of rotatable bonds is 61. The fourth-order valence-corrected chi connectivity index (χ4v) is 12.4. The van der Waals surface area contributed by atoms with Crippen molar-refractivity contribution in [1.29, 1.82) is 0 Å². The van der Waals surface area contributed by atoms with Gasteiger partial charge in [-0.15, -0.1) is 0 Å². The molecule has 0 saturated carbocycles. The van der Waals surface area contributed by atoms with Crippen molar-refractivity contribution in [3.05, 3.63) is 158 Å². The Kier molecular flexibility index (Phi) is 57.9. The molecule has 3 rings (SSSR count). The van der Waals surface area contributed by atoms with Gasteiger partial charge in [-0.05, 0) is 122 Å². The summed E-state index contributed by atoms with van der Waals surface area (Å²) in [5.41, 5.74) is 0. The first-order valence-electron chi connectivity index (χ1n) is 40.2. The van der Waals surface area contributed by atoms with Crippen molar-refractivity contribution in [3.8, 4) is 0 Å². The van der Waals surface area contributed by atoms with Gasteiger partial charge >= 0.3 is 0 Å². The molecular weight excluding hydrogens is 1330 g/mol. The van der Waals surface area contributed by atoms with Crippen LogP contribution < -0.4 is 5.32 Å². The van der Waals surface area contributed by atoms with Crippen LogP contribution in [0.15, 0.2) is 158 Å². The minimum Gasteiger partial charge on any atom is -0.394 e. The van der Waals surface area contributed by atoms with Gasteiger partial charge in [-0.2, -0.15) is 0 Å². The van der Waals surface area contributed by atoms with Crippen LogP contribution in [-0.2, 0) is 33.2 Å². The Morgan fingerprint density at radius 2 is 0.667 bits per heavy atom. The van der Waals surface area contributed by atoms with Crippen LogP contribution >= 0.6 is 0 Å². The minimum absolute atomic E-state index is 0.165. The zero-order valence-corrected chi connectivity index (χ0v) is 63.9. The first-order valence-corrected chi connectivity index (χ1v) is 40.2. The summed E-state index contributed by atoms with van der Waals surface area (Å²) in [6.07, 6.45) is 68.0. The summed E-state index contributed by atoms with van der Waals surface area (Å²) in [5.74, 6) is -0.337. The van der Waals surface area contributed by atoms with Crippen molar-refractivity contribution in [2.45, 2.75) is 349 Å². The first kappa shape index (κ1) is 94.6. The topological polar surface area (TPSA) is 307 Å². The zero-order chi connectivity index (χ0) is 76.0. The number of aliphatic hydroxyl groups is 11. The van der Waals surface area contributed by atoms with E-state index in [-0.39, 0.29) is 12.3 Å². The second-order valence-corrected chi connectivity index (χ2v) is 27.8. The molecule has 598 valence electrons. The van der Waals surface area contributed by atoms with E-state index >= 15 is 0 Å². The number of carbonyl (C=O) groups excluding carboxylic acids is 1. The monoisotopic (exact) mass is 1480 g/mol. The molecule has 0 aliphatic carbocycles. The highest BCUT2D eigenvalue weighted by atomic mass is 16.8. The Morgan fingerprint density at radius 3 is 1.07 bits per heavy atom. The van der Waals surface area contributed by atoms with Crippen molar-refractivity contribution in [2.75, 3.05) is 26.4 Å². The summed E-state index contributed by atoms with van der Waals surface area (Å²) in [6.45, 7) is 1.56. The summed E-state index contributed by atoms with van der Waals surface area (Å²) in [6, 6.07) is -1.03. The van der Waals surface area contributed by atoms with E-state index in [1.807, 2.05) is 6.08 Å². The maximum Gasteiger partial charge on any atom is 0.220 e. The third-order valence-electron chi connectivity index (χ3n) is 18.8. The van der Waals surface area contributed by atoms with Crippen LogP contribution in [0.25, 0.3) is 0 Å². The molecule has 0 aromatic carbocycles. The highest BCUT2D eigenvalue weighted by Gasteiger charge is 2.54. The predicted molar refractivity (Wildman–Crippen MR) is 419 cm³/mol. The van der Waals surface area contributed by atoms with E-state index in [2.05, 4.69) is 165 Å². The molecule has 0 radical (unpaired) electrons. The molecule has 17 atom stereocenters. The van der Waals surface area contributed by atoms with Crippen LogP contribution in [0.5, 0.6) is 0 Å². The molecule has 0 bridgehead atoms. The standard InChI is InChI=1S/C86H141NO18/c1-3-5-7-9-11-13-15-17-19-21-23-25-27-29-31-32-33-34-35-36-38-40-42-44-46-48-50-52-54-56-58-60-62-64-74(92)87-69(70(91)63-61-59-57-55-53-51-49-47-45-43-41-39-37-30-28-26-24-22-20-18-16-14-12-10-8-6-4-2)68-100-84-80(98)77(95)82(72(66-89)102-84)105-86-81(99)78(96)83(73(67-90)103-86)104-85-79(97)76(94)75(93)71(65-88)101-85/h5,7,11,13,17,19,23,25,29,31,33-34,36,38,42,44-45,47-48,50,53-56,61,63,69-73,75-86,88-91,93-99H,3-4,6,8-10,12,14-16,18,20-22,24,26-28,30,32,35,37,39-41,43,46,49,51-52,57-60,62,64-68H2,1-2H3,(H,87,92)/b7-5-,13-11-,19-17-,25-23-,31-29-,34-33-,38-36-,44-42-,47-45+,50-48-,55-53+,56-54-,63-61+. The fraction of sp³-hybridized carbons (Fsp3) is 0.686.